The molecule has 0 radical (unpaired) electrons. The predicted molar refractivity (Wildman–Crippen MR) is 107 cm³/mol. The van der Waals surface area contributed by atoms with Crippen LogP contribution in [0.2, 0.25) is 0 Å². The van der Waals surface area contributed by atoms with E-state index in [1.165, 1.54) is 16.3 Å². The van der Waals surface area contributed by atoms with Crippen molar-refractivity contribution < 1.29 is 0 Å². The molecule has 3 rings (SSSR count). The van der Waals surface area contributed by atoms with E-state index >= 15 is 0 Å². The van der Waals surface area contributed by atoms with Crippen LogP contribution in [0.25, 0.3) is 0 Å². The number of hydrogen-bond acceptors (Lipinski definition) is 5. The fourth-order valence-corrected chi connectivity index (χ4v) is 3.60. The molecule has 4 nitrogen and oxygen atoms in total. The number of hydrogen-bond donors (Lipinski definition) is 1. The molecule has 2 N–H and O–H groups in total. The highest BCUT2D eigenvalue weighted by Gasteiger charge is 2.18. The van der Waals surface area contributed by atoms with Crippen LogP contribution >= 0.6 is 36.2 Å². The lowest BCUT2D eigenvalue weighted by molar-refractivity contribution is 0.121. The Kier molecular flexibility index (Phi) is 9.02. The van der Waals surface area contributed by atoms with Crippen molar-refractivity contribution in [3.05, 3.63) is 45.9 Å². The summed E-state index contributed by atoms with van der Waals surface area (Å²) in [6.07, 6.45) is 1.04. The number of nitrogen functional groups attached to an aromatic ring is 1. The summed E-state index contributed by atoms with van der Waals surface area (Å²) in [7, 11) is 0. The summed E-state index contributed by atoms with van der Waals surface area (Å²) in [6.45, 7) is 8.59. The first-order chi connectivity index (χ1) is 10.7. The van der Waals surface area contributed by atoms with Crippen molar-refractivity contribution in [1.29, 1.82) is 0 Å². The molecular formula is C17H26Cl2N4S. The van der Waals surface area contributed by atoms with Crippen molar-refractivity contribution in [2.45, 2.75) is 26.4 Å². The molecule has 1 saturated heterocycles. The zero-order chi connectivity index (χ0) is 15.4. The van der Waals surface area contributed by atoms with E-state index in [2.05, 4.69) is 39.2 Å². The van der Waals surface area contributed by atoms with E-state index < -0.39 is 0 Å². The third kappa shape index (κ3) is 5.90. The van der Waals surface area contributed by atoms with Crippen LogP contribution in [-0.4, -0.2) is 41.0 Å². The number of aryl methyl sites for hydroxylation is 1. The van der Waals surface area contributed by atoms with E-state index in [1.807, 2.05) is 12.1 Å². The minimum absolute atomic E-state index is 0. The normalized spacial score (nSPS) is 15.5. The van der Waals surface area contributed by atoms with Gasteiger partial charge in [-0.1, -0.05) is 19.1 Å². The van der Waals surface area contributed by atoms with Gasteiger partial charge in [0.2, 0.25) is 0 Å². The molecule has 0 bridgehead atoms. The molecule has 0 amide bonds. The quantitative estimate of drug-likeness (QED) is 0.796. The smallest absolute Gasteiger partial charge is 0.0926 e. The molecule has 0 aliphatic carbocycles. The number of thiazole rings is 1. The van der Waals surface area contributed by atoms with Gasteiger partial charge in [-0.3, -0.25) is 9.80 Å². The lowest BCUT2D eigenvalue weighted by Crippen LogP contribution is -2.45. The second kappa shape index (κ2) is 10.2. The van der Waals surface area contributed by atoms with Gasteiger partial charge in [0.15, 0.2) is 0 Å². The minimum atomic E-state index is 0. The zero-order valence-electron chi connectivity index (χ0n) is 14.0. The number of halogens is 2. The Morgan fingerprint density at radius 3 is 2.33 bits per heavy atom. The fourth-order valence-electron chi connectivity index (χ4n) is 2.87. The maximum atomic E-state index is 5.85. The first kappa shape index (κ1) is 21.2. The monoisotopic (exact) mass is 388 g/mol. The highest BCUT2D eigenvalue weighted by Crippen LogP contribution is 2.15. The summed E-state index contributed by atoms with van der Waals surface area (Å²) in [4.78, 5) is 9.68. The van der Waals surface area contributed by atoms with Crippen molar-refractivity contribution >= 4 is 41.8 Å². The highest BCUT2D eigenvalue weighted by atomic mass is 35.5. The second-order valence-corrected chi connectivity index (χ2v) is 6.83. The molecule has 0 atom stereocenters. The number of aromatic nitrogens is 1. The van der Waals surface area contributed by atoms with Gasteiger partial charge >= 0.3 is 0 Å². The van der Waals surface area contributed by atoms with Crippen LogP contribution in [-0.2, 0) is 19.5 Å². The van der Waals surface area contributed by atoms with Gasteiger partial charge in [-0.15, -0.1) is 36.2 Å². The Labute approximate surface area is 160 Å². The van der Waals surface area contributed by atoms with Gasteiger partial charge in [0.1, 0.15) is 0 Å². The van der Waals surface area contributed by atoms with Gasteiger partial charge < -0.3 is 5.73 Å². The first-order valence-corrected chi connectivity index (χ1v) is 8.83. The summed E-state index contributed by atoms with van der Waals surface area (Å²) >= 11 is 1.78. The molecule has 0 spiro atoms. The molecule has 2 heterocycles. The predicted octanol–water partition coefficient (Wildman–Crippen LogP) is 3.45. The summed E-state index contributed by atoms with van der Waals surface area (Å²) in [6, 6.07) is 8.21. The number of benzene rings is 1. The Balaban J connectivity index is 0.00000144. The molecule has 2 aromatic rings. The molecule has 0 unspecified atom stereocenters. The average molecular weight is 389 g/mol. The summed E-state index contributed by atoms with van der Waals surface area (Å²) in [5.74, 6) is 0. The van der Waals surface area contributed by atoms with Crippen LogP contribution in [0.4, 0.5) is 5.69 Å². The zero-order valence-corrected chi connectivity index (χ0v) is 16.4. The Morgan fingerprint density at radius 2 is 1.75 bits per heavy atom. The van der Waals surface area contributed by atoms with Crippen LogP contribution in [0.5, 0.6) is 0 Å². The second-order valence-electron chi connectivity index (χ2n) is 5.88. The molecule has 7 heteroatoms. The van der Waals surface area contributed by atoms with E-state index in [9.17, 15) is 0 Å². The third-order valence-electron chi connectivity index (χ3n) is 4.11. The molecule has 24 heavy (non-hydrogen) atoms. The number of piperazine rings is 1. The SMILES string of the molecule is CCc1nc(CN2CCN(Cc3cccc(N)c3)CC2)cs1.Cl.Cl. The van der Waals surface area contributed by atoms with Gasteiger partial charge in [0.05, 0.1) is 10.7 Å². The van der Waals surface area contributed by atoms with Crippen LogP contribution in [0.3, 0.4) is 0 Å². The summed E-state index contributed by atoms with van der Waals surface area (Å²) in [5.41, 5.74) is 9.24. The van der Waals surface area contributed by atoms with Gasteiger partial charge in [-0.2, -0.15) is 0 Å². The van der Waals surface area contributed by atoms with Crippen LogP contribution in [0, 0.1) is 0 Å². The van der Waals surface area contributed by atoms with Crippen LogP contribution in [0.15, 0.2) is 29.6 Å². The van der Waals surface area contributed by atoms with E-state index in [-0.39, 0.29) is 24.8 Å². The van der Waals surface area contributed by atoms with Gasteiger partial charge in [0, 0.05) is 50.3 Å². The lowest BCUT2D eigenvalue weighted by Gasteiger charge is -2.34. The van der Waals surface area contributed by atoms with Crippen molar-refractivity contribution in [1.82, 2.24) is 14.8 Å². The number of anilines is 1. The minimum Gasteiger partial charge on any atom is -0.399 e. The molecular weight excluding hydrogens is 363 g/mol. The Morgan fingerprint density at radius 1 is 1.08 bits per heavy atom. The van der Waals surface area contributed by atoms with Gasteiger partial charge in [-0.25, -0.2) is 4.98 Å². The lowest BCUT2D eigenvalue weighted by atomic mass is 10.1. The first-order valence-electron chi connectivity index (χ1n) is 7.95. The van der Waals surface area contributed by atoms with E-state index in [4.69, 9.17) is 5.73 Å². The van der Waals surface area contributed by atoms with E-state index in [0.717, 1.165) is 51.4 Å². The van der Waals surface area contributed by atoms with Crippen molar-refractivity contribution in [3.63, 3.8) is 0 Å². The molecule has 1 aromatic heterocycles. The largest absolute Gasteiger partial charge is 0.399 e. The number of rotatable bonds is 5. The maximum absolute atomic E-state index is 5.85. The topological polar surface area (TPSA) is 45.4 Å². The molecule has 1 aliphatic heterocycles. The van der Waals surface area contributed by atoms with Crippen molar-refractivity contribution in [2.75, 3.05) is 31.9 Å². The highest BCUT2D eigenvalue weighted by molar-refractivity contribution is 7.09. The number of nitrogens with two attached hydrogens (primary N) is 1. The standard InChI is InChI=1S/C17H24N4S.2ClH/c1-2-17-19-16(13-22-17)12-21-8-6-20(7-9-21)11-14-4-3-5-15(18)10-14;;/h3-5,10,13H,2,6-9,11-12,18H2,1H3;2*1H. The van der Waals surface area contributed by atoms with Crippen LogP contribution in [0.1, 0.15) is 23.2 Å². The number of nitrogens with zero attached hydrogens (tertiary/aromatic N) is 3. The van der Waals surface area contributed by atoms with Crippen LogP contribution < -0.4 is 5.73 Å². The molecule has 1 aromatic carbocycles. The summed E-state index contributed by atoms with van der Waals surface area (Å²) < 4.78 is 0. The average Bonchev–Trinajstić information content (AvgIpc) is 2.97. The molecule has 0 saturated carbocycles. The molecule has 1 aliphatic rings. The molecule has 134 valence electrons. The Hall–Kier alpha value is -0.850. The fraction of sp³-hybridized carbons (Fsp3) is 0.471. The van der Waals surface area contributed by atoms with Gasteiger partial charge in [-0.05, 0) is 24.1 Å². The van der Waals surface area contributed by atoms with Crippen molar-refractivity contribution in [3.8, 4) is 0 Å². The third-order valence-corrected chi connectivity index (χ3v) is 5.15. The Bertz CT molecular complexity index is 612. The molecule has 1 fully saturated rings. The maximum Gasteiger partial charge on any atom is 0.0926 e. The van der Waals surface area contributed by atoms with Crippen molar-refractivity contribution in [2.24, 2.45) is 0 Å². The van der Waals surface area contributed by atoms with Gasteiger partial charge in [0.25, 0.3) is 0 Å². The summed E-state index contributed by atoms with van der Waals surface area (Å²) in [5, 5.41) is 3.45. The van der Waals surface area contributed by atoms with E-state index in [0.29, 0.717) is 0 Å². The van der Waals surface area contributed by atoms with E-state index in [1.54, 1.807) is 11.3 Å².